The van der Waals surface area contributed by atoms with Gasteiger partial charge in [0.15, 0.2) is 11.6 Å². The van der Waals surface area contributed by atoms with Gasteiger partial charge in [0.1, 0.15) is 24.0 Å². The molecule has 178 valence electrons. The van der Waals surface area contributed by atoms with Crippen molar-refractivity contribution in [1.29, 1.82) is 0 Å². The maximum atomic E-state index is 13.2. The highest BCUT2D eigenvalue weighted by molar-refractivity contribution is 5.62. The minimum atomic E-state index is -0.304. The number of hydrogen-bond donors (Lipinski definition) is 1. The first-order chi connectivity index (χ1) is 16.8. The van der Waals surface area contributed by atoms with Gasteiger partial charge in [-0.15, -0.1) is 0 Å². The summed E-state index contributed by atoms with van der Waals surface area (Å²) in [7, 11) is 1.66. The molecule has 0 amide bonds. The zero-order valence-electron chi connectivity index (χ0n) is 19.6. The smallest absolute Gasteiger partial charge is 0.262 e. The van der Waals surface area contributed by atoms with Crippen LogP contribution in [0.4, 0.5) is 10.2 Å². The first-order valence-electron chi connectivity index (χ1n) is 11.1. The number of anilines is 1. The monoisotopic (exact) mass is 473 g/mol. The van der Waals surface area contributed by atoms with Crippen LogP contribution >= 0.6 is 0 Å². The first kappa shape index (κ1) is 22.5. The zero-order chi connectivity index (χ0) is 24.6. The van der Waals surface area contributed by atoms with Crippen LogP contribution in [0.5, 0.6) is 17.2 Å². The van der Waals surface area contributed by atoms with Gasteiger partial charge in [0.2, 0.25) is 5.75 Å². The number of nitrogens with one attached hydrogen (secondary N) is 1. The predicted octanol–water partition coefficient (Wildman–Crippen LogP) is 4.34. The highest BCUT2D eigenvalue weighted by atomic mass is 19.1. The Morgan fingerprint density at radius 1 is 1.09 bits per heavy atom. The van der Waals surface area contributed by atoms with Gasteiger partial charge in [-0.2, -0.15) is 0 Å². The van der Waals surface area contributed by atoms with Crippen LogP contribution in [0.15, 0.2) is 65.8 Å². The second kappa shape index (κ2) is 8.83. The molecule has 0 unspecified atom stereocenters. The summed E-state index contributed by atoms with van der Waals surface area (Å²) in [5.41, 5.74) is 1.27. The van der Waals surface area contributed by atoms with Crippen LogP contribution in [-0.2, 0) is 13.5 Å². The summed E-state index contributed by atoms with van der Waals surface area (Å²) in [5, 5.41) is 3.33. The largest absolute Gasteiger partial charge is 0.484 e. The molecule has 0 aliphatic carbocycles. The highest BCUT2D eigenvalue weighted by Gasteiger charge is 2.29. The molecule has 0 bridgehead atoms. The molecule has 35 heavy (non-hydrogen) atoms. The predicted molar refractivity (Wildman–Crippen MR) is 129 cm³/mol. The molecule has 1 N–H and O–H groups in total. The topological polar surface area (TPSA) is 91.2 Å². The average molecular weight is 474 g/mol. The van der Waals surface area contributed by atoms with Gasteiger partial charge in [-0.3, -0.25) is 14.3 Å². The van der Waals surface area contributed by atoms with Crippen LogP contribution in [0.2, 0.25) is 0 Å². The van der Waals surface area contributed by atoms with Crippen molar-refractivity contribution in [3.05, 3.63) is 88.6 Å². The number of ether oxygens (including phenoxy) is 2. The molecule has 0 fully saturated rings. The summed E-state index contributed by atoms with van der Waals surface area (Å²) in [6, 6.07) is 11.3. The molecular formula is C26H24FN5O3. The molecule has 8 nitrogen and oxygen atoms in total. The molecule has 1 aliphatic rings. The Morgan fingerprint density at radius 2 is 1.89 bits per heavy atom. The van der Waals surface area contributed by atoms with Crippen molar-refractivity contribution in [2.24, 2.45) is 7.05 Å². The van der Waals surface area contributed by atoms with E-state index >= 15 is 0 Å². The fraction of sp³-hybridized carbons (Fsp3) is 0.231. The number of nitrogens with zero attached hydrogens (tertiary/aromatic N) is 4. The van der Waals surface area contributed by atoms with E-state index < -0.39 is 0 Å². The highest BCUT2D eigenvalue weighted by Crippen LogP contribution is 2.40. The van der Waals surface area contributed by atoms with Crippen LogP contribution in [0, 0.1) is 5.82 Å². The first-order valence-corrected chi connectivity index (χ1v) is 11.1. The van der Waals surface area contributed by atoms with Crippen molar-refractivity contribution in [2.45, 2.75) is 25.8 Å². The lowest BCUT2D eigenvalue weighted by Crippen LogP contribution is -2.41. The van der Waals surface area contributed by atoms with E-state index in [0.717, 1.165) is 5.56 Å². The Bertz CT molecular complexity index is 1430. The second-order valence-electron chi connectivity index (χ2n) is 9.02. The van der Waals surface area contributed by atoms with Gasteiger partial charge in [0.05, 0.1) is 23.0 Å². The molecule has 1 aromatic carbocycles. The Kier molecular flexibility index (Phi) is 5.68. The maximum absolute atomic E-state index is 13.2. The van der Waals surface area contributed by atoms with E-state index in [1.807, 2.05) is 13.8 Å². The molecular weight excluding hydrogens is 449 g/mol. The third-order valence-corrected chi connectivity index (χ3v) is 5.68. The lowest BCUT2D eigenvalue weighted by Gasteiger charge is -2.33. The molecule has 4 heterocycles. The molecule has 5 rings (SSSR count). The van der Waals surface area contributed by atoms with Gasteiger partial charge in [-0.25, -0.2) is 14.4 Å². The van der Waals surface area contributed by atoms with E-state index in [4.69, 9.17) is 9.47 Å². The minimum Gasteiger partial charge on any atom is -0.484 e. The summed E-state index contributed by atoms with van der Waals surface area (Å²) >= 11 is 0. The average Bonchev–Trinajstić information content (AvgIpc) is 2.83. The van der Waals surface area contributed by atoms with Gasteiger partial charge >= 0.3 is 0 Å². The standard InChI is InChI=1S/C26H24FN5O3/c1-26(2)15-34-23-21(10-11-28-24(23)31-26)35-18-8-9-20(29-13-18)19-14-30-22(32(3)25(19)33)12-16-4-6-17(27)7-5-16/h4-11,13-14H,12,15H2,1-3H3,(H,28,31). The molecule has 0 spiro atoms. The van der Waals surface area contributed by atoms with Gasteiger partial charge in [0.25, 0.3) is 5.56 Å². The number of rotatable bonds is 5. The third-order valence-electron chi connectivity index (χ3n) is 5.68. The number of halogens is 1. The summed E-state index contributed by atoms with van der Waals surface area (Å²) < 4.78 is 26.5. The SMILES string of the molecule is Cn1c(Cc2ccc(F)cc2)ncc(-c2ccc(Oc3ccnc4c3OCC(C)(C)N4)cn2)c1=O. The fourth-order valence-electron chi connectivity index (χ4n) is 3.78. The van der Waals surface area contributed by atoms with Gasteiger partial charge < -0.3 is 14.8 Å². The van der Waals surface area contributed by atoms with E-state index in [1.54, 1.807) is 49.8 Å². The Hall–Kier alpha value is -4.27. The van der Waals surface area contributed by atoms with E-state index in [9.17, 15) is 9.18 Å². The Balaban J connectivity index is 1.35. The van der Waals surface area contributed by atoms with Crippen LogP contribution in [0.3, 0.4) is 0 Å². The van der Waals surface area contributed by atoms with Crippen molar-refractivity contribution in [3.8, 4) is 28.5 Å². The van der Waals surface area contributed by atoms with E-state index in [0.29, 0.717) is 53.2 Å². The van der Waals surface area contributed by atoms with Crippen molar-refractivity contribution in [1.82, 2.24) is 19.5 Å². The lowest BCUT2D eigenvalue weighted by atomic mass is 10.1. The van der Waals surface area contributed by atoms with Crippen LogP contribution in [0.1, 0.15) is 25.2 Å². The van der Waals surface area contributed by atoms with E-state index in [-0.39, 0.29) is 16.9 Å². The van der Waals surface area contributed by atoms with Crippen molar-refractivity contribution in [2.75, 3.05) is 11.9 Å². The van der Waals surface area contributed by atoms with E-state index in [1.165, 1.54) is 22.9 Å². The number of pyridine rings is 2. The molecule has 4 aromatic rings. The molecule has 3 aromatic heterocycles. The number of hydrogen-bond acceptors (Lipinski definition) is 7. The second-order valence-corrected chi connectivity index (χ2v) is 9.02. The zero-order valence-corrected chi connectivity index (χ0v) is 19.6. The van der Waals surface area contributed by atoms with Gasteiger partial charge in [-0.05, 0) is 43.7 Å². The maximum Gasteiger partial charge on any atom is 0.262 e. The number of aromatic nitrogens is 4. The molecule has 0 saturated carbocycles. The van der Waals surface area contributed by atoms with Gasteiger partial charge in [0, 0.05) is 31.9 Å². The molecule has 0 saturated heterocycles. The summed E-state index contributed by atoms with van der Waals surface area (Å²) in [4.78, 5) is 26.2. The fourth-order valence-corrected chi connectivity index (χ4v) is 3.78. The van der Waals surface area contributed by atoms with Crippen LogP contribution in [-0.4, -0.2) is 31.7 Å². The lowest BCUT2D eigenvalue weighted by molar-refractivity contribution is 0.232. The molecule has 0 radical (unpaired) electrons. The molecule has 9 heteroatoms. The molecule has 0 atom stereocenters. The quantitative estimate of drug-likeness (QED) is 0.461. The van der Waals surface area contributed by atoms with Crippen molar-refractivity contribution in [3.63, 3.8) is 0 Å². The number of benzene rings is 1. The molecule has 1 aliphatic heterocycles. The summed E-state index contributed by atoms with van der Waals surface area (Å²) in [5.74, 6) is 2.46. The third kappa shape index (κ3) is 4.70. The normalized spacial score (nSPS) is 13.9. The van der Waals surface area contributed by atoms with Gasteiger partial charge in [-0.1, -0.05) is 12.1 Å². The number of fused-ring (bicyclic) bond motifs is 1. The van der Waals surface area contributed by atoms with E-state index in [2.05, 4.69) is 20.3 Å². The minimum absolute atomic E-state index is 0.219. The Labute approximate surface area is 201 Å². The summed E-state index contributed by atoms with van der Waals surface area (Å²) in [6.07, 6.45) is 5.13. The van der Waals surface area contributed by atoms with Crippen molar-refractivity contribution >= 4 is 5.82 Å². The Morgan fingerprint density at radius 3 is 2.63 bits per heavy atom. The van der Waals surface area contributed by atoms with Crippen molar-refractivity contribution < 1.29 is 13.9 Å². The van der Waals surface area contributed by atoms with Crippen LogP contribution < -0.4 is 20.3 Å². The summed E-state index contributed by atoms with van der Waals surface area (Å²) in [6.45, 7) is 4.54. The van der Waals surface area contributed by atoms with Crippen LogP contribution in [0.25, 0.3) is 11.3 Å².